The van der Waals surface area contributed by atoms with Gasteiger partial charge in [0.2, 0.25) is 0 Å². The third-order valence-electron chi connectivity index (χ3n) is 5.04. The average molecular weight is 543 g/mol. The predicted octanol–water partition coefficient (Wildman–Crippen LogP) is 7.99. The van der Waals surface area contributed by atoms with Gasteiger partial charge >= 0.3 is 5.97 Å². The minimum absolute atomic E-state index is 0.299. The highest BCUT2D eigenvalue weighted by Crippen LogP contribution is 2.38. The molecule has 1 amide bonds. The van der Waals surface area contributed by atoms with Crippen LogP contribution in [0.1, 0.15) is 24.3 Å². The summed E-state index contributed by atoms with van der Waals surface area (Å²) in [6, 6.07) is 21.6. The third-order valence-corrected chi connectivity index (χ3v) is 7.89. The molecule has 4 aromatic rings. The Labute approximate surface area is 221 Å². The second-order valence-corrected chi connectivity index (χ2v) is 11.7. The minimum Gasteiger partial charge on any atom is -0.480 e. The fraction of sp³-hybridized carbons (Fsp3) is 0.115. The number of benzene rings is 3. The van der Waals surface area contributed by atoms with Crippen molar-refractivity contribution in [1.29, 1.82) is 0 Å². The van der Waals surface area contributed by atoms with Crippen molar-refractivity contribution in [2.45, 2.75) is 23.5 Å². The second-order valence-electron chi connectivity index (χ2n) is 8.11. The van der Waals surface area contributed by atoms with Crippen LogP contribution in [0.15, 0.2) is 77.7 Å². The van der Waals surface area contributed by atoms with Crippen LogP contribution < -0.4 is 5.32 Å². The first-order chi connectivity index (χ1) is 16.6. The van der Waals surface area contributed by atoms with Gasteiger partial charge in [0.1, 0.15) is 15.4 Å². The molecule has 0 bridgehead atoms. The fourth-order valence-corrected chi connectivity index (χ4v) is 5.40. The SMILES string of the molecule is CC(C)(Sc1ccc(-c2nc(C(=O)Nc3ccc(Cl)cc3)c(-c3ccc(Cl)cc3)s2)cc1)C(=O)O. The number of anilines is 1. The van der Waals surface area contributed by atoms with Crippen LogP contribution in [0.25, 0.3) is 21.0 Å². The number of carboxylic acid groups (broad SMARTS) is 1. The van der Waals surface area contributed by atoms with Gasteiger partial charge in [-0.15, -0.1) is 23.1 Å². The number of carbonyl (C=O) groups excluding carboxylic acids is 1. The van der Waals surface area contributed by atoms with E-state index in [1.807, 2.05) is 36.4 Å². The second kappa shape index (κ2) is 10.4. The number of carboxylic acids is 1. The zero-order chi connectivity index (χ0) is 25.2. The number of hydrogen-bond donors (Lipinski definition) is 2. The summed E-state index contributed by atoms with van der Waals surface area (Å²) in [6.45, 7) is 3.33. The summed E-state index contributed by atoms with van der Waals surface area (Å²) < 4.78 is -0.947. The smallest absolute Gasteiger partial charge is 0.319 e. The van der Waals surface area contributed by atoms with Gasteiger partial charge in [0.25, 0.3) is 5.91 Å². The number of halogens is 2. The van der Waals surface area contributed by atoms with Crippen molar-refractivity contribution in [3.05, 3.63) is 88.5 Å². The summed E-state index contributed by atoms with van der Waals surface area (Å²) in [5, 5.41) is 14.1. The standard InChI is InChI=1S/C26H20Cl2N2O3S2/c1-26(2,25(32)33)35-20-13-5-16(6-14-20)24-30-21(22(34-24)15-3-7-17(27)8-4-15)23(31)29-19-11-9-18(28)10-12-19/h3-14H,1-2H3,(H,29,31)(H,32,33). The lowest BCUT2D eigenvalue weighted by Gasteiger charge is -2.18. The molecule has 0 saturated heterocycles. The molecule has 9 heteroatoms. The van der Waals surface area contributed by atoms with E-state index < -0.39 is 10.7 Å². The average Bonchev–Trinajstić information content (AvgIpc) is 3.27. The van der Waals surface area contributed by atoms with E-state index in [1.54, 1.807) is 50.2 Å². The molecule has 0 aliphatic rings. The molecule has 0 saturated carbocycles. The molecule has 4 rings (SSSR count). The van der Waals surface area contributed by atoms with Crippen LogP contribution in [0, 0.1) is 0 Å². The Morgan fingerprint density at radius 3 is 2.00 bits per heavy atom. The van der Waals surface area contributed by atoms with Crippen molar-refractivity contribution in [3.8, 4) is 21.0 Å². The van der Waals surface area contributed by atoms with Crippen LogP contribution in [0.5, 0.6) is 0 Å². The zero-order valence-corrected chi connectivity index (χ0v) is 21.9. The van der Waals surface area contributed by atoms with Crippen molar-refractivity contribution in [3.63, 3.8) is 0 Å². The summed E-state index contributed by atoms with van der Waals surface area (Å²) in [6.07, 6.45) is 0. The number of nitrogens with one attached hydrogen (secondary N) is 1. The number of aliphatic carboxylic acids is 1. The maximum absolute atomic E-state index is 13.2. The minimum atomic E-state index is -0.947. The Morgan fingerprint density at radius 2 is 1.43 bits per heavy atom. The van der Waals surface area contributed by atoms with E-state index in [-0.39, 0.29) is 5.91 Å². The molecule has 0 spiro atoms. The van der Waals surface area contributed by atoms with Crippen molar-refractivity contribution >= 4 is 63.9 Å². The number of amides is 1. The molecule has 0 aliphatic heterocycles. The lowest BCUT2D eigenvalue weighted by atomic mass is 10.1. The van der Waals surface area contributed by atoms with Gasteiger partial charge in [-0.25, -0.2) is 4.98 Å². The highest BCUT2D eigenvalue weighted by Gasteiger charge is 2.28. The molecule has 5 nitrogen and oxygen atoms in total. The fourth-order valence-electron chi connectivity index (χ4n) is 3.12. The normalized spacial score (nSPS) is 11.3. The molecule has 1 heterocycles. The summed E-state index contributed by atoms with van der Waals surface area (Å²) in [5.74, 6) is -1.22. The quantitative estimate of drug-likeness (QED) is 0.231. The molecule has 3 aromatic carbocycles. The third kappa shape index (κ3) is 6.05. The highest BCUT2D eigenvalue weighted by atomic mass is 35.5. The number of rotatable bonds is 7. The molecule has 0 fully saturated rings. The Bertz CT molecular complexity index is 1370. The number of thiazole rings is 1. The maximum Gasteiger partial charge on any atom is 0.319 e. The van der Waals surface area contributed by atoms with E-state index >= 15 is 0 Å². The Hall–Kier alpha value is -2.84. The van der Waals surface area contributed by atoms with Crippen molar-refractivity contribution in [2.75, 3.05) is 5.32 Å². The van der Waals surface area contributed by atoms with Gasteiger partial charge in [-0.2, -0.15) is 0 Å². The molecule has 0 aliphatic carbocycles. The van der Waals surface area contributed by atoms with Gasteiger partial charge in [-0.05, 0) is 67.9 Å². The maximum atomic E-state index is 13.2. The first kappa shape index (κ1) is 25.3. The predicted molar refractivity (Wildman–Crippen MR) is 145 cm³/mol. The zero-order valence-electron chi connectivity index (χ0n) is 18.7. The molecule has 0 unspecified atom stereocenters. The lowest BCUT2D eigenvalue weighted by Crippen LogP contribution is -2.26. The highest BCUT2D eigenvalue weighted by molar-refractivity contribution is 8.01. The molecule has 2 N–H and O–H groups in total. The number of nitrogens with zero attached hydrogens (tertiary/aromatic N) is 1. The van der Waals surface area contributed by atoms with Crippen LogP contribution in [0.2, 0.25) is 10.0 Å². The van der Waals surface area contributed by atoms with Crippen molar-refractivity contribution in [2.24, 2.45) is 0 Å². The van der Waals surface area contributed by atoms with Gasteiger partial charge < -0.3 is 10.4 Å². The molecular formula is C26H20Cl2N2O3S2. The van der Waals surface area contributed by atoms with Crippen LogP contribution >= 0.6 is 46.3 Å². The Morgan fingerprint density at radius 1 is 0.886 bits per heavy atom. The van der Waals surface area contributed by atoms with Gasteiger partial charge in [-0.3, -0.25) is 9.59 Å². The Kier molecular flexibility index (Phi) is 7.52. The summed E-state index contributed by atoms with van der Waals surface area (Å²) >= 11 is 14.7. The molecule has 0 atom stereocenters. The number of thioether (sulfide) groups is 1. The van der Waals surface area contributed by atoms with E-state index in [4.69, 9.17) is 23.2 Å². The van der Waals surface area contributed by atoms with Crippen LogP contribution in [0.3, 0.4) is 0 Å². The van der Waals surface area contributed by atoms with E-state index in [0.717, 1.165) is 16.0 Å². The van der Waals surface area contributed by atoms with E-state index in [9.17, 15) is 14.7 Å². The molecule has 0 radical (unpaired) electrons. The molecule has 178 valence electrons. The van der Waals surface area contributed by atoms with E-state index in [2.05, 4.69) is 10.3 Å². The van der Waals surface area contributed by atoms with Crippen molar-refractivity contribution in [1.82, 2.24) is 4.98 Å². The van der Waals surface area contributed by atoms with Crippen LogP contribution in [0.4, 0.5) is 5.69 Å². The van der Waals surface area contributed by atoms with Crippen molar-refractivity contribution < 1.29 is 14.7 Å². The van der Waals surface area contributed by atoms with E-state index in [1.165, 1.54) is 23.1 Å². The lowest BCUT2D eigenvalue weighted by molar-refractivity contribution is -0.138. The van der Waals surface area contributed by atoms with Gasteiger partial charge in [0, 0.05) is 26.2 Å². The van der Waals surface area contributed by atoms with Crippen LogP contribution in [-0.4, -0.2) is 26.7 Å². The molecular weight excluding hydrogens is 523 g/mol. The number of aromatic nitrogens is 1. The van der Waals surface area contributed by atoms with Gasteiger partial charge in [0.05, 0.1) is 4.88 Å². The Balaban J connectivity index is 1.68. The number of carbonyl (C=O) groups is 2. The summed E-state index contributed by atoms with van der Waals surface area (Å²) in [4.78, 5) is 30.9. The molecule has 1 aromatic heterocycles. The van der Waals surface area contributed by atoms with Gasteiger partial charge in [-0.1, -0.05) is 47.5 Å². The monoisotopic (exact) mass is 542 g/mol. The first-order valence-corrected chi connectivity index (χ1v) is 12.9. The largest absolute Gasteiger partial charge is 0.480 e. The van der Waals surface area contributed by atoms with Gasteiger partial charge in [0.15, 0.2) is 0 Å². The summed E-state index contributed by atoms with van der Waals surface area (Å²) in [7, 11) is 0. The number of hydrogen-bond acceptors (Lipinski definition) is 5. The molecule has 35 heavy (non-hydrogen) atoms. The summed E-state index contributed by atoms with van der Waals surface area (Å²) in [5.41, 5.74) is 2.56. The van der Waals surface area contributed by atoms with Crippen LogP contribution in [-0.2, 0) is 4.79 Å². The van der Waals surface area contributed by atoms with E-state index in [0.29, 0.717) is 31.3 Å². The topological polar surface area (TPSA) is 79.3 Å². The first-order valence-electron chi connectivity index (χ1n) is 10.5.